The molecular weight excluding hydrogens is 411 g/mol. The number of rotatable bonds is 2. The van der Waals surface area contributed by atoms with E-state index < -0.39 is 11.9 Å². The van der Waals surface area contributed by atoms with Gasteiger partial charge in [0, 0.05) is 37.2 Å². The molecule has 0 saturated carbocycles. The van der Waals surface area contributed by atoms with Gasteiger partial charge >= 0.3 is 12.2 Å². The van der Waals surface area contributed by atoms with Gasteiger partial charge in [0.05, 0.1) is 23.6 Å². The summed E-state index contributed by atoms with van der Waals surface area (Å²) in [5.41, 5.74) is 0.688. The highest BCUT2D eigenvalue weighted by Gasteiger charge is 2.40. The minimum atomic E-state index is -4.51. The third kappa shape index (κ3) is 3.51. The second-order valence-electron chi connectivity index (χ2n) is 7.25. The van der Waals surface area contributed by atoms with Gasteiger partial charge in [-0.1, -0.05) is 0 Å². The molecule has 2 bridgehead atoms. The van der Waals surface area contributed by atoms with Crippen LogP contribution in [0, 0.1) is 0 Å². The number of halogens is 3. The Bertz CT molecular complexity index is 1120. The van der Waals surface area contributed by atoms with Crippen molar-refractivity contribution in [3.63, 3.8) is 0 Å². The summed E-state index contributed by atoms with van der Waals surface area (Å²) in [5.74, 6) is 0.769. The summed E-state index contributed by atoms with van der Waals surface area (Å²) >= 11 is 0. The van der Waals surface area contributed by atoms with Gasteiger partial charge in [-0.05, 0) is 30.7 Å². The van der Waals surface area contributed by atoms with Crippen LogP contribution >= 0.6 is 0 Å². The first-order valence-electron chi connectivity index (χ1n) is 9.56. The van der Waals surface area contributed by atoms with Crippen molar-refractivity contribution in [3.05, 3.63) is 54.7 Å². The standard InChI is InChI=1S/C20H16F3N7O/c21-20(22,23)16-4-1-12(9-26-16)14-2-3-15-18(27-14)30(13-5-8-29(15)11-13)19(31)28-17-10-24-6-7-25-17/h1-4,6-7,9-10,13H,5,8,11H2,(H,25,28,31). The quantitative estimate of drug-likeness (QED) is 0.673. The Hall–Kier alpha value is -3.76. The van der Waals surface area contributed by atoms with E-state index in [4.69, 9.17) is 0 Å². The molecule has 3 aromatic heterocycles. The van der Waals surface area contributed by atoms with Gasteiger partial charge < -0.3 is 4.90 Å². The maximum absolute atomic E-state index is 13.1. The van der Waals surface area contributed by atoms with Crippen molar-refractivity contribution >= 4 is 23.4 Å². The van der Waals surface area contributed by atoms with Crippen LogP contribution in [0.5, 0.6) is 0 Å². The molecule has 1 saturated heterocycles. The molecule has 0 radical (unpaired) electrons. The monoisotopic (exact) mass is 427 g/mol. The smallest absolute Gasteiger partial charge is 0.366 e. The van der Waals surface area contributed by atoms with Gasteiger partial charge in [-0.15, -0.1) is 0 Å². The lowest BCUT2D eigenvalue weighted by atomic mass is 10.1. The third-order valence-electron chi connectivity index (χ3n) is 5.32. The van der Waals surface area contributed by atoms with Gasteiger partial charge in [-0.3, -0.25) is 20.2 Å². The number of fused-ring (bicyclic) bond motifs is 4. The van der Waals surface area contributed by atoms with Gasteiger partial charge in [0.25, 0.3) is 0 Å². The van der Waals surface area contributed by atoms with E-state index in [9.17, 15) is 18.0 Å². The maximum Gasteiger partial charge on any atom is 0.433 e. The molecule has 0 aromatic carbocycles. The molecule has 5 rings (SSSR count). The van der Waals surface area contributed by atoms with Gasteiger partial charge in [0.2, 0.25) is 0 Å². The molecule has 0 aliphatic carbocycles. The van der Waals surface area contributed by atoms with Gasteiger partial charge in [0.1, 0.15) is 5.69 Å². The number of anilines is 3. The van der Waals surface area contributed by atoms with Crippen molar-refractivity contribution in [3.8, 4) is 11.3 Å². The first kappa shape index (κ1) is 19.2. The van der Waals surface area contributed by atoms with Crippen LogP contribution in [0.25, 0.3) is 11.3 Å². The molecule has 2 aliphatic heterocycles. The number of hydrogen-bond donors (Lipinski definition) is 1. The zero-order valence-corrected chi connectivity index (χ0v) is 16.0. The fraction of sp³-hybridized carbons (Fsp3) is 0.250. The van der Waals surface area contributed by atoms with Crippen molar-refractivity contribution < 1.29 is 18.0 Å². The Morgan fingerprint density at radius 1 is 1.10 bits per heavy atom. The van der Waals surface area contributed by atoms with Crippen LogP contribution < -0.4 is 15.1 Å². The van der Waals surface area contributed by atoms with E-state index in [1.165, 1.54) is 24.7 Å². The minimum Gasteiger partial charge on any atom is -0.366 e. The largest absolute Gasteiger partial charge is 0.433 e. The van der Waals surface area contributed by atoms with Crippen molar-refractivity contribution in [1.82, 2.24) is 19.9 Å². The molecule has 2 aliphatic rings. The molecule has 3 aromatic rings. The summed E-state index contributed by atoms with van der Waals surface area (Å²) in [4.78, 5) is 33.0. The number of aromatic nitrogens is 4. The third-order valence-corrected chi connectivity index (χ3v) is 5.32. The SMILES string of the molecule is O=C(Nc1cnccn1)N1c2nc(-c3ccc(C(F)(F)F)nc3)ccc2N2CCC1C2. The minimum absolute atomic E-state index is 0.0716. The molecule has 1 fully saturated rings. The van der Waals surface area contributed by atoms with E-state index in [0.717, 1.165) is 30.9 Å². The summed E-state index contributed by atoms with van der Waals surface area (Å²) in [6.07, 6.45) is 1.84. The van der Waals surface area contributed by atoms with Gasteiger partial charge in [-0.2, -0.15) is 13.2 Å². The van der Waals surface area contributed by atoms with Crippen molar-refractivity contribution in [2.75, 3.05) is 28.2 Å². The van der Waals surface area contributed by atoms with E-state index in [2.05, 4.69) is 30.2 Å². The number of amides is 2. The average Bonchev–Trinajstić information content (AvgIpc) is 3.18. The van der Waals surface area contributed by atoms with Crippen molar-refractivity contribution in [2.45, 2.75) is 18.6 Å². The molecule has 1 unspecified atom stereocenters. The van der Waals surface area contributed by atoms with Crippen LogP contribution in [0.4, 0.5) is 35.3 Å². The summed E-state index contributed by atoms with van der Waals surface area (Å²) in [5, 5.41) is 2.74. The second kappa shape index (κ2) is 7.18. The first-order chi connectivity index (χ1) is 14.9. The van der Waals surface area contributed by atoms with Crippen LogP contribution in [0.3, 0.4) is 0 Å². The van der Waals surface area contributed by atoms with Gasteiger partial charge in [0.15, 0.2) is 11.6 Å². The first-order valence-corrected chi connectivity index (χ1v) is 9.56. The molecule has 31 heavy (non-hydrogen) atoms. The number of carbonyl (C=O) groups is 1. The number of nitrogens with zero attached hydrogens (tertiary/aromatic N) is 6. The predicted molar refractivity (Wildman–Crippen MR) is 107 cm³/mol. The number of urea groups is 1. The zero-order valence-electron chi connectivity index (χ0n) is 16.0. The molecule has 0 spiro atoms. The number of nitrogens with one attached hydrogen (secondary N) is 1. The van der Waals surface area contributed by atoms with E-state index >= 15 is 0 Å². The van der Waals surface area contributed by atoms with Crippen molar-refractivity contribution in [2.24, 2.45) is 0 Å². The Morgan fingerprint density at radius 2 is 1.97 bits per heavy atom. The lowest BCUT2D eigenvalue weighted by Gasteiger charge is -2.35. The summed E-state index contributed by atoms with van der Waals surface area (Å²) in [6.45, 7) is 1.47. The Kier molecular flexibility index (Phi) is 4.45. The fourth-order valence-corrected chi connectivity index (χ4v) is 3.88. The Balaban J connectivity index is 1.50. The highest BCUT2D eigenvalue weighted by Crippen LogP contribution is 2.40. The summed E-state index contributed by atoms with van der Waals surface area (Å²) in [6, 6.07) is 5.34. The van der Waals surface area contributed by atoms with Gasteiger partial charge in [-0.25, -0.2) is 14.8 Å². The van der Waals surface area contributed by atoms with Crippen LogP contribution in [0.1, 0.15) is 12.1 Å². The number of carbonyl (C=O) groups excluding carboxylic acids is 1. The molecule has 1 N–H and O–H groups in total. The highest BCUT2D eigenvalue weighted by molar-refractivity contribution is 6.04. The fourth-order valence-electron chi connectivity index (χ4n) is 3.88. The molecule has 2 amide bonds. The molecule has 8 nitrogen and oxygen atoms in total. The molecule has 11 heteroatoms. The van der Waals surface area contributed by atoms with E-state index in [0.29, 0.717) is 29.4 Å². The predicted octanol–water partition coefficient (Wildman–Crippen LogP) is 3.58. The molecule has 158 valence electrons. The number of alkyl halides is 3. The number of pyridine rings is 2. The average molecular weight is 427 g/mol. The zero-order chi connectivity index (χ0) is 21.6. The van der Waals surface area contributed by atoms with Crippen molar-refractivity contribution in [1.29, 1.82) is 0 Å². The van der Waals surface area contributed by atoms with Crippen LogP contribution in [0.2, 0.25) is 0 Å². The maximum atomic E-state index is 13.1. The molecule has 1 atom stereocenters. The van der Waals surface area contributed by atoms with Crippen LogP contribution in [-0.2, 0) is 6.18 Å². The summed E-state index contributed by atoms with van der Waals surface area (Å²) in [7, 11) is 0. The number of hydrogen-bond acceptors (Lipinski definition) is 6. The lowest BCUT2D eigenvalue weighted by molar-refractivity contribution is -0.141. The second-order valence-corrected chi connectivity index (χ2v) is 7.25. The van der Waals surface area contributed by atoms with E-state index in [-0.39, 0.29) is 12.1 Å². The molecule has 5 heterocycles. The van der Waals surface area contributed by atoms with Crippen LogP contribution in [-0.4, -0.2) is 45.1 Å². The topological polar surface area (TPSA) is 87.1 Å². The normalized spacial score (nSPS) is 17.5. The lowest BCUT2D eigenvalue weighted by Crippen LogP contribution is -2.48. The van der Waals surface area contributed by atoms with Crippen LogP contribution in [0.15, 0.2) is 49.1 Å². The molecular formula is C20H16F3N7O. The Morgan fingerprint density at radius 3 is 2.68 bits per heavy atom. The highest BCUT2D eigenvalue weighted by atomic mass is 19.4. The summed E-state index contributed by atoms with van der Waals surface area (Å²) < 4.78 is 38.4. The van der Waals surface area contributed by atoms with E-state index in [1.54, 1.807) is 11.0 Å². The van der Waals surface area contributed by atoms with E-state index in [1.807, 2.05) is 6.07 Å². The Labute approximate surface area is 174 Å².